The number of carbonyl (C=O) groups is 1. The minimum absolute atomic E-state index is 0. The van der Waals surface area contributed by atoms with Crippen LogP contribution in [0.25, 0.3) is 0 Å². The van der Waals surface area contributed by atoms with E-state index in [2.05, 4.69) is 0 Å². The largest absolute Gasteiger partial charge is 0.342 e. The van der Waals surface area contributed by atoms with Crippen LogP contribution in [0.15, 0.2) is 18.2 Å². The van der Waals surface area contributed by atoms with Crippen LogP contribution in [0.4, 0.5) is 8.78 Å². The van der Waals surface area contributed by atoms with Gasteiger partial charge in [-0.2, -0.15) is 0 Å². The zero-order valence-corrected chi connectivity index (χ0v) is 13.8. The number of aryl methyl sites for hydroxylation is 1. The molecule has 3 nitrogen and oxygen atoms in total. The van der Waals surface area contributed by atoms with Crippen molar-refractivity contribution in [2.75, 3.05) is 13.1 Å². The Balaban J connectivity index is 0.00000192. The molecule has 1 heterocycles. The van der Waals surface area contributed by atoms with Crippen molar-refractivity contribution in [3.05, 3.63) is 35.4 Å². The zero-order chi connectivity index (χ0) is 15.7. The third kappa shape index (κ3) is 4.01. The fourth-order valence-electron chi connectivity index (χ4n) is 3.81. The van der Waals surface area contributed by atoms with E-state index >= 15 is 0 Å². The third-order valence-corrected chi connectivity index (χ3v) is 5.11. The minimum atomic E-state index is -0.834. The van der Waals surface area contributed by atoms with E-state index in [0.717, 1.165) is 37.6 Å². The van der Waals surface area contributed by atoms with E-state index in [1.807, 2.05) is 4.90 Å². The molecule has 1 saturated heterocycles. The normalized spacial score (nSPS) is 26.0. The Kier molecular flexibility index (Phi) is 5.98. The lowest BCUT2D eigenvalue weighted by Gasteiger charge is -2.18. The van der Waals surface area contributed by atoms with Crippen LogP contribution in [-0.4, -0.2) is 29.9 Å². The highest BCUT2D eigenvalue weighted by Crippen LogP contribution is 2.37. The van der Waals surface area contributed by atoms with Crippen LogP contribution in [0.3, 0.4) is 0 Å². The van der Waals surface area contributed by atoms with Crippen LogP contribution >= 0.6 is 12.4 Å². The average molecular weight is 345 g/mol. The van der Waals surface area contributed by atoms with E-state index in [0.29, 0.717) is 31.1 Å². The number of nitrogens with zero attached hydrogens (tertiary/aromatic N) is 1. The molecule has 2 aliphatic rings. The second kappa shape index (κ2) is 7.58. The van der Waals surface area contributed by atoms with Crippen molar-refractivity contribution in [1.29, 1.82) is 0 Å². The topological polar surface area (TPSA) is 46.3 Å². The Morgan fingerprint density at radius 3 is 2.70 bits per heavy atom. The Labute approximate surface area is 141 Å². The van der Waals surface area contributed by atoms with Crippen molar-refractivity contribution in [2.45, 2.75) is 38.1 Å². The number of amides is 1. The van der Waals surface area contributed by atoms with Gasteiger partial charge in [0.05, 0.1) is 0 Å². The molecule has 2 fully saturated rings. The average Bonchev–Trinajstić information content (AvgIpc) is 3.05. The van der Waals surface area contributed by atoms with E-state index in [1.165, 1.54) is 6.07 Å². The second-order valence-electron chi connectivity index (χ2n) is 6.57. The van der Waals surface area contributed by atoms with Crippen LogP contribution in [-0.2, 0) is 11.2 Å². The molecular formula is C17H23ClF2N2O. The summed E-state index contributed by atoms with van der Waals surface area (Å²) in [5.41, 5.74) is 6.81. The van der Waals surface area contributed by atoms with Crippen molar-refractivity contribution >= 4 is 18.3 Å². The van der Waals surface area contributed by atoms with Crippen LogP contribution < -0.4 is 5.73 Å². The van der Waals surface area contributed by atoms with Crippen LogP contribution in [0.1, 0.15) is 31.2 Å². The maximum Gasteiger partial charge on any atom is 0.222 e. The number of carbonyl (C=O) groups excluding carboxylic acids is 1. The molecule has 3 rings (SSSR count). The first-order valence-corrected chi connectivity index (χ1v) is 8.02. The molecule has 0 aromatic heterocycles. The standard InChI is InChI=1S/C17H22F2N2O.ClH/c18-14-6-4-11(8-15(14)19)2-1-3-17(22)21-9-12-5-7-16(20)13(12)10-21;/h4,6,8,12-13,16H,1-3,5,7,9-10,20H2;1H. The Hall–Kier alpha value is -1.20. The molecule has 3 unspecified atom stereocenters. The number of hydrogen-bond donors (Lipinski definition) is 1. The van der Waals surface area contributed by atoms with Crippen LogP contribution in [0.2, 0.25) is 0 Å². The fourth-order valence-corrected chi connectivity index (χ4v) is 3.81. The second-order valence-corrected chi connectivity index (χ2v) is 6.57. The predicted octanol–water partition coefficient (Wildman–Crippen LogP) is 2.91. The molecule has 1 amide bonds. The number of likely N-dealkylation sites (tertiary alicyclic amines) is 1. The summed E-state index contributed by atoms with van der Waals surface area (Å²) in [4.78, 5) is 14.2. The summed E-state index contributed by atoms with van der Waals surface area (Å²) >= 11 is 0. The van der Waals surface area contributed by atoms with Crippen molar-refractivity contribution in [3.63, 3.8) is 0 Å². The van der Waals surface area contributed by atoms with Gasteiger partial charge in [0.1, 0.15) is 0 Å². The molecule has 1 aromatic rings. The van der Waals surface area contributed by atoms with Gasteiger partial charge in [0.15, 0.2) is 11.6 Å². The van der Waals surface area contributed by atoms with Crippen LogP contribution in [0, 0.1) is 23.5 Å². The summed E-state index contributed by atoms with van der Waals surface area (Å²) < 4.78 is 26.0. The minimum Gasteiger partial charge on any atom is -0.342 e. The smallest absolute Gasteiger partial charge is 0.222 e. The molecule has 1 aromatic carbocycles. The summed E-state index contributed by atoms with van der Waals surface area (Å²) in [5, 5.41) is 0. The molecule has 0 radical (unpaired) electrons. The van der Waals surface area contributed by atoms with Gasteiger partial charge in [-0.25, -0.2) is 8.78 Å². The summed E-state index contributed by atoms with van der Waals surface area (Å²) in [6.45, 7) is 1.62. The highest BCUT2D eigenvalue weighted by atomic mass is 35.5. The molecule has 6 heteroatoms. The van der Waals surface area contributed by atoms with E-state index in [9.17, 15) is 13.6 Å². The number of nitrogens with two attached hydrogens (primary N) is 1. The first-order valence-electron chi connectivity index (χ1n) is 8.02. The Morgan fingerprint density at radius 2 is 2.00 bits per heavy atom. The van der Waals surface area contributed by atoms with Crippen molar-refractivity contribution in [1.82, 2.24) is 4.90 Å². The van der Waals surface area contributed by atoms with Gasteiger partial charge in [0.25, 0.3) is 0 Å². The highest BCUT2D eigenvalue weighted by Gasteiger charge is 2.42. The van der Waals surface area contributed by atoms with Gasteiger partial charge in [0, 0.05) is 25.6 Å². The summed E-state index contributed by atoms with van der Waals surface area (Å²) in [5.74, 6) is -0.463. The van der Waals surface area contributed by atoms with Gasteiger partial charge in [-0.05, 0) is 55.2 Å². The van der Waals surface area contributed by atoms with E-state index in [-0.39, 0.29) is 24.4 Å². The Morgan fingerprint density at radius 1 is 1.22 bits per heavy atom. The maximum atomic E-state index is 13.1. The summed E-state index contributed by atoms with van der Waals surface area (Å²) in [6.07, 6.45) is 3.90. The summed E-state index contributed by atoms with van der Waals surface area (Å²) in [7, 11) is 0. The maximum absolute atomic E-state index is 13.1. The predicted molar refractivity (Wildman–Crippen MR) is 87.3 cm³/mol. The van der Waals surface area contributed by atoms with Gasteiger partial charge >= 0.3 is 0 Å². The first-order chi connectivity index (χ1) is 10.5. The van der Waals surface area contributed by atoms with Gasteiger partial charge in [-0.1, -0.05) is 6.07 Å². The third-order valence-electron chi connectivity index (χ3n) is 5.11. The van der Waals surface area contributed by atoms with Gasteiger partial charge < -0.3 is 10.6 Å². The van der Waals surface area contributed by atoms with Gasteiger partial charge in [-0.15, -0.1) is 12.4 Å². The lowest BCUT2D eigenvalue weighted by atomic mass is 9.98. The molecule has 1 aliphatic heterocycles. The molecule has 128 valence electrons. The zero-order valence-electron chi connectivity index (χ0n) is 13.0. The molecule has 1 aliphatic carbocycles. The molecular weight excluding hydrogens is 322 g/mol. The monoisotopic (exact) mass is 344 g/mol. The van der Waals surface area contributed by atoms with Crippen LogP contribution in [0.5, 0.6) is 0 Å². The quantitative estimate of drug-likeness (QED) is 0.913. The fraction of sp³-hybridized carbons (Fsp3) is 0.588. The molecule has 0 bridgehead atoms. The lowest BCUT2D eigenvalue weighted by Crippen LogP contribution is -2.33. The van der Waals surface area contributed by atoms with Gasteiger partial charge in [0.2, 0.25) is 5.91 Å². The summed E-state index contributed by atoms with van der Waals surface area (Å²) in [6, 6.07) is 4.15. The first kappa shape index (κ1) is 18.1. The van der Waals surface area contributed by atoms with Crippen molar-refractivity contribution in [2.24, 2.45) is 17.6 Å². The molecule has 1 saturated carbocycles. The molecule has 0 spiro atoms. The molecule has 2 N–H and O–H groups in total. The SMILES string of the molecule is Cl.NC1CCC2CN(C(=O)CCCc3ccc(F)c(F)c3)CC12. The number of rotatable bonds is 4. The van der Waals surface area contributed by atoms with Gasteiger partial charge in [-0.3, -0.25) is 4.79 Å². The lowest BCUT2D eigenvalue weighted by molar-refractivity contribution is -0.130. The van der Waals surface area contributed by atoms with Crippen molar-refractivity contribution in [3.8, 4) is 0 Å². The highest BCUT2D eigenvalue weighted by molar-refractivity contribution is 5.85. The number of hydrogen-bond acceptors (Lipinski definition) is 2. The van der Waals surface area contributed by atoms with Crippen molar-refractivity contribution < 1.29 is 13.6 Å². The van der Waals surface area contributed by atoms with E-state index in [4.69, 9.17) is 5.73 Å². The van der Waals surface area contributed by atoms with E-state index < -0.39 is 11.6 Å². The molecule has 23 heavy (non-hydrogen) atoms. The van der Waals surface area contributed by atoms with E-state index in [1.54, 1.807) is 6.07 Å². The number of fused-ring (bicyclic) bond motifs is 1. The Bertz CT molecular complexity index is 570. The molecule has 3 atom stereocenters. The number of benzene rings is 1. The number of halogens is 3.